The number of rotatable bonds is 1. The molecule has 3 rings (SSSR count). The molecule has 0 radical (unpaired) electrons. The van der Waals surface area contributed by atoms with Gasteiger partial charge in [-0.15, -0.1) is 0 Å². The third kappa shape index (κ3) is 1.37. The number of nitrogens with one attached hydrogen (secondary N) is 1. The highest BCUT2D eigenvalue weighted by atomic mass is 16.3. The quantitative estimate of drug-likeness (QED) is 0.766. The molecule has 1 aliphatic heterocycles. The van der Waals surface area contributed by atoms with E-state index in [4.69, 9.17) is 4.42 Å². The third-order valence-corrected chi connectivity index (χ3v) is 3.23. The summed E-state index contributed by atoms with van der Waals surface area (Å²) >= 11 is 0. The average Bonchev–Trinajstić information content (AvgIpc) is 2.82. The molecule has 1 aromatic heterocycles. The predicted octanol–water partition coefficient (Wildman–Crippen LogP) is 3.17. The minimum Gasteiger partial charge on any atom is -0.461 e. The van der Waals surface area contributed by atoms with Gasteiger partial charge in [0.1, 0.15) is 11.3 Å². The molecular formula is C13H15NO. The summed E-state index contributed by atoms with van der Waals surface area (Å²) in [7, 11) is 0. The van der Waals surface area contributed by atoms with E-state index in [2.05, 4.69) is 24.4 Å². The third-order valence-electron chi connectivity index (χ3n) is 3.23. The van der Waals surface area contributed by atoms with Crippen molar-refractivity contribution in [1.29, 1.82) is 0 Å². The molecule has 15 heavy (non-hydrogen) atoms. The molecule has 1 saturated heterocycles. The van der Waals surface area contributed by atoms with Crippen LogP contribution in [-0.4, -0.2) is 6.54 Å². The van der Waals surface area contributed by atoms with E-state index in [0.717, 1.165) is 17.9 Å². The molecule has 0 bridgehead atoms. The highest BCUT2D eigenvalue weighted by Crippen LogP contribution is 2.34. The smallest absolute Gasteiger partial charge is 0.134 e. The minimum absolute atomic E-state index is 0.494. The Morgan fingerprint density at radius 2 is 2.20 bits per heavy atom. The van der Waals surface area contributed by atoms with Gasteiger partial charge < -0.3 is 9.73 Å². The van der Waals surface area contributed by atoms with Crippen LogP contribution in [0.3, 0.4) is 0 Å². The van der Waals surface area contributed by atoms with Gasteiger partial charge in [0.2, 0.25) is 0 Å². The summed E-state index contributed by atoms with van der Waals surface area (Å²) in [5.41, 5.74) is 2.38. The molecule has 1 N–H and O–H groups in total. The molecule has 0 aliphatic carbocycles. The van der Waals surface area contributed by atoms with Crippen molar-refractivity contribution in [2.24, 2.45) is 0 Å². The molecule has 1 unspecified atom stereocenters. The van der Waals surface area contributed by atoms with Gasteiger partial charge in [-0.1, -0.05) is 18.2 Å². The van der Waals surface area contributed by atoms with Gasteiger partial charge in [0.15, 0.2) is 0 Å². The second-order valence-electron chi connectivity index (χ2n) is 4.22. The van der Waals surface area contributed by atoms with E-state index in [-0.39, 0.29) is 0 Å². The molecule has 2 nitrogen and oxygen atoms in total. The lowest BCUT2D eigenvalue weighted by Gasteiger charge is -2.09. The van der Waals surface area contributed by atoms with Gasteiger partial charge in [0.25, 0.3) is 0 Å². The van der Waals surface area contributed by atoms with Crippen molar-refractivity contribution in [3.63, 3.8) is 0 Å². The first kappa shape index (κ1) is 8.98. The fourth-order valence-electron chi connectivity index (χ4n) is 2.55. The van der Waals surface area contributed by atoms with Gasteiger partial charge in [0, 0.05) is 17.0 Å². The van der Waals surface area contributed by atoms with Crippen molar-refractivity contribution in [3.05, 3.63) is 35.6 Å². The molecule has 1 aromatic carbocycles. The fraction of sp³-hybridized carbons (Fsp3) is 0.385. The zero-order chi connectivity index (χ0) is 10.3. The van der Waals surface area contributed by atoms with Gasteiger partial charge in [0.05, 0.1) is 0 Å². The largest absolute Gasteiger partial charge is 0.461 e. The lowest BCUT2D eigenvalue weighted by Crippen LogP contribution is -2.13. The number of hydrogen-bond acceptors (Lipinski definition) is 2. The Bertz CT molecular complexity index is 480. The highest BCUT2D eigenvalue weighted by molar-refractivity contribution is 5.82. The molecule has 1 fully saturated rings. The van der Waals surface area contributed by atoms with E-state index >= 15 is 0 Å². The van der Waals surface area contributed by atoms with Crippen LogP contribution in [0.25, 0.3) is 11.0 Å². The summed E-state index contributed by atoms with van der Waals surface area (Å²) in [6.45, 7) is 3.19. The van der Waals surface area contributed by atoms with Crippen molar-refractivity contribution in [3.8, 4) is 0 Å². The van der Waals surface area contributed by atoms with Crippen LogP contribution in [0.15, 0.2) is 28.7 Å². The summed E-state index contributed by atoms with van der Waals surface area (Å²) in [6.07, 6.45) is 2.49. The first-order chi connectivity index (χ1) is 7.36. The predicted molar refractivity (Wildman–Crippen MR) is 60.9 cm³/mol. The maximum Gasteiger partial charge on any atom is 0.134 e. The first-order valence-corrected chi connectivity index (χ1v) is 5.57. The number of fused-ring (bicyclic) bond motifs is 1. The van der Waals surface area contributed by atoms with Crippen LogP contribution in [0.4, 0.5) is 0 Å². The zero-order valence-corrected chi connectivity index (χ0v) is 8.92. The van der Waals surface area contributed by atoms with Crippen LogP contribution >= 0.6 is 0 Å². The summed E-state index contributed by atoms with van der Waals surface area (Å²) < 4.78 is 5.77. The topological polar surface area (TPSA) is 25.2 Å². The SMILES string of the molecule is Cc1oc2ccccc2c1C1CCCN1. The molecule has 0 saturated carbocycles. The van der Waals surface area contributed by atoms with Crippen molar-refractivity contribution >= 4 is 11.0 Å². The second-order valence-corrected chi connectivity index (χ2v) is 4.22. The van der Waals surface area contributed by atoms with E-state index < -0.39 is 0 Å². The molecule has 1 aliphatic rings. The number of benzene rings is 1. The monoisotopic (exact) mass is 201 g/mol. The molecular weight excluding hydrogens is 186 g/mol. The van der Waals surface area contributed by atoms with Crippen LogP contribution < -0.4 is 5.32 Å². The van der Waals surface area contributed by atoms with Crippen LogP contribution in [0.5, 0.6) is 0 Å². The molecule has 2 aromatic rings. The van der Waals surface area contributed by atoms with Gasteiger partial charge in [-0.2, -0.15) is 0 Å². The van der Waals surface area contributed by atoms with E-state index in [1.807, 2.05) is 12.1 Å². The van der Waals surface area contributed by atoms with Gasteiger partial charge in [-0.05, 0) is 32.4 Å². The molecule has 0 spiro atoms. The van der Waals surface area contributed by atoms with E-state index in [1.165, 1.54) is 23.8 Å². The minimum atomic E-state index is 0.494. The maximum atomic E-state index is 5.77. The Kier molecular flexibility index (Phi) is 2.03. The van der Waals surface area contributed by atoms with E-state index in [0.29, 0.717) is 6.04 Å². The van der Waals surface area contributed by atoms with E-state index in [1.54, 1.807) is 0 Å². The highest BCUT2D eigenvalue weighted by Gasteiger charge is 2.22. The lowest BCUT2D eigenvalue weighted by molar-refractivity contribution is 0.552. The van der Waals surface area contributed by atoms with Crippen LogP contribution in [0.2, 0.25) is 0 Å². The summed E-state index contributed by atoms with van der Waals surface area (Å²) in [5.74, 6) is 1.07. The van der Waals surface area contributed by atoms with Crippen LogP contribution in [-0.2, 0) is 0 Å². The normalized spacial score (nSPS) is 21.3. The number of furan rings is 1. The average molecular weight is 201 g/mol. The molecule has 2 heterocycles. The Balaban J connectivity index is 2.19. The first-order valence-electron chi connectivity index (χ1n) is 5.57. The van der Waals surface area contributed by atoms with Crippen molar-refractivity contribution in [2.75, 3.05) is 6.54 Å². The van der Waals surface area contributed by atoms with Gasteiger partial charge in [-0.3, -0.25) is 0 Å². The van der Waals surface area contributed by atoms with Crippen LogP contribution in [0, 0.1) is 6.92 Å². The van der Waals surface area contributed by atoms with Crippen LogP contribution in [0.1, 0.15) is 30.2 Å². The van der Waals surface area contributed by atoms with Crippen molar-refractivity contribution in [2.45, 2.75) is 25.8 Å². The summed E-state index contributed by atoms with van der Waals surface area (Å²) in [6, 6.07) is 8.79. The molecule has 1 atom stereocenters. The molecule has 78 valence electrons. The Morgan fingerprint density at radius 3 is 3.00 bits per heavy atom. The molecule has 2 heteroatoms. The van der Waals surface area contributed by atoms with Crippen molar-refractivity contribution < 1.29 is 4.42 Å². The Morgan fingerprint density at radius 1 is 1.33 bits per heavy atom. The lowest BCUT2D eigenvalue weighted by atomic mass is 10.0. The number of aryl methyl sites for hydroxylation is 1. The maximum absolute atomic E-state index is 5.77. The fourth-order valence-corrected chi connectivity index (χ4v) is 2.55. The van der Waals surface area contributed by atoms with Gasteiger partial charge >= 0.3 is 0 Å². The second kappa shape index (κ2) is 3.38. The Hall–Kier alpha value is -1.28. The Labute approximate surface area is 89.3 Å². The summed E-state index contributed by atoms with van der Waals surface area (Å²) in [4.78, 5) is 0. The number of para-hydroxylation sites is 1. The van der Waals surface area contributed by atoms with E-state index in [9.17, 15) is 0 Å². The van der Waals surface area contributed by atoms with Gasteiger partial charge in [-0.25, -0.2) is 0 Å². The standard InChI is InChI=1S/C13H15NO/c1-9-13(11-6-4-8-14-11)10-5-2-3-7-12(10)15-9/h2-3,5,7,11,14H,4,6,8H2,1H3. The number of hydrogen-bond donors (Lipinski definition) is 1. The summed E-state index contributed by atoms with van der Waals surface area (Å²) in [5, 5.41) is 4.80. The zero-order valence-electron chi connectivity index (χ0n) is 8.92. The molecule has 0 amide bonds. The van der Waals surface area contributed by atoms with Crippen molar-refractivity contribution in [1.82, 2.24) is 5.32 Å².